The number of benzene rings is 3. The molecule has 1 aliphatic rings. The molecule has 7 nitrogen and oxygen atoms in total. The Labute approximate surface area is 224 Å². The van der Waals surface area contributed by atoms with Crippen molar-refractivity contribution in [3.05, 3.63) is 96.1 Å². The zero-order chi connectivity index (χ0) is 27.0. The predicted octanol–water partition coefficient (Wildman–Crippen LogP) is 6.01. The van der Waals surface area contributed by atoms with Gasteiger partial charge in [-0.1, -0.05) is 24.3 Å². The zero-order valence-electron chi connectivity index (χ0n) is 21.4. The normalized spacial score (nSPS) is 14.9. The van der Waals surface area contributed by atoms with Crippen LogP contribution in [-0.2, 0) is 21.6 Å². The number of aliphatic carboxylic acids is 1. The zero-order valence-corrected chi connectivity index (χ0v) is 21.4. The minimum absolute atomic E-state index is 0.182. The maximum Gasteiger partial charge on any atom is 0.314 e. The fourth-order valence-electron chi connectivity index (χ4n) is 5.39. The van der Waals surface area contributed by atoms with Gasteiger partial charge in [-0.3, -0.25) is 9.20 Å². The molecule has 3 heterocycles. The smallest absolute Gasteiger partial charge is 0.314 e. The predicted molar refractivity (Wildman–Crippen MR) is 145 cm³/mol. The van der Waals surface area contributed by atoms with Gasteiger partial charge in [-0.15, -0.1) is 0 Å². The Morgan fingerprint density at radius 2 is 1.92 bits per heavy atom. The molecule has 5 aromatic rings. The van der Waals surface area contributed by atoms with Crippen molar-refractivity contribution in [1.82, 2.24) is 9.38 Å². The van der Waals surface area contributed by atoms with E-state index in [4.69, 9.17) is 14.2 Å². The van der Waals surface area contributed by atoms with Crippen molar-refractivity contribution in [3.63, 3.8) is 0 Å². The fraction of sp³-hybridized carbons (Fsp3) is 0.226. The summed E-state index contributed by atoms with van der Waals surface area (Å²) in [5.41, 5.74) is 3.90. The first-order chi connectivity index (χ1) is 19.0. The van der Waals surface area contributed by atoms with Crippen LogP contribution in [0.25, 0.3) is 27.7 Å². The number of imidazole rings is 1. The number of aromatic nitrogens is 2. The number of carboxylic acids is 1. The molecule has 0 spiro atoms. The first-order valence-corrected chi connectivity index (χ1v) is 12.7. The highest BCUT2D eigenvalue weighted by Gasteiger charge is 2.42. The Kier molecular flexibility index (Phi) is 6.40. The van der Waals surface area contributed by atoms with Gasteiger partial charge < -0.3 is 19.3 Å². The average Bonchev–Trinajstić information content (AvgIpc) is 3.45. The van der Waals surface area contributed by atoms with Gasteiger partial charge in [0.2, 0.25) is 0 Å². The summed E-state index contributed by atoms with van der Waals surface area (Å²) in [5, 5.41) is 11.0. The van der Waals surface area contributed by atoms with Crippen molar-refractivity contribution in [2.24, 2.45) is 0 Å². The minimum atomic E-state index is -1.19. The van der Waals surface area contributed by atoms with Crippen LogP contribution in [0.2, 0.25) is 0 Å². The topological polar surface area (TPSA) is 82.3 Å². The van der Waals surface area contributed by atoms with Crippen LogP contribution >= 0.6 is 0 Å². The average molecular weight is 527 g/mol. The van der Waals surface area contributed by atoms with Crippen molar-refractivity contribution in [1.29, 1.82) is 0 Å². The number of nitrogens with zero attached hydrogens (tertiary/aromatic N) is 2. The highest BCUT2D eigenvalue weighted by molar-refractivity contribution is 5.97. The summed E-state index contributed by atoms with van der Waals surface area (Å²) in [6.45, 7) is 0.814. The Morgan fingerprint density at radius 1 is 1.08 bits per heavy atom. The molecule has 0 bridgehead atoms. The Hall–Kier alpha value is -4.43. The Bertz CT molecular complexity index is 1690. The number of pyridine rings is 1. The van der Waals surface area contributed by atoms with E-state index in [1.165, 1.54) is 12.1 Å². The molecule has 1 aliphatic heterocycles. The lowest BCUT2D eigenvalue weighted by Crippen LogP contribution is -2.41. The number of hydrogen-bond acceptors (Lipinski definition) is 5. The summed E-state index contributed by atoms with van der Waals surface area (Å²) in [6, 6.07) is 20.2. The summed E-state index contributed by atoms with van der Waals surface area (Å²) in [7, 11) is 1.65. The van der Waals surface area contributed by atoms with Crippen molar-refractivity contribution in [2.45, 2.75) is 24.9 Å². The first-order valence-electron chi connectivity index (χ1n) is 12.7. The second kappa shape index (κ2) is 10.0. The second-order valence-electron chi connectivity index (χ2n) is 9.76. The van der Waals surface area contributed by atoms with Gasteiger partial charge in [0, 0.05) is 37.1 Å². The van der Waals surface area contributed by atoms with Crippen molar-refractivity contribution < 1.29 is 28.5 Å². The Balaban J connectivity index is 1.34. The van der Waals surface area contributed by atoms with Gasteiger partial charge in [-0.05, 0) is 71.5 Å². The number of rotatable bonds is 7. The Morgan fingerprint density at radius 3 is 2.72 bits per heavy atom. The van der Waals surface area contributed by atoms with Gasteiger partial charge in [-0.25, -0.2) is 9.37 Å². The molecule has 198 valence electrons. The van der Waals surface area contributed by atoms with Gasteiger partial charge in [0.15, 0.2) is 0 Å². The molecule has 0 radical (unpaired) electrons. The van der Waals surface area contributed by atoms with Crippen LogP contribution in [-0.4, -0.2) is 40.8 Å². The molecule has 39 heavy (non-hydrogen) atoms. The molecule has 0 atom stereocenters. The van der Waals surface area contributed by atoms with Gasteiger partial charge in [0.1, 0.15) is 29.6 Å². The van der Waals surface area contributed by atoms with Crippen molar-refractivity contribution >= 4 is 22.5 Å². The molecule has 0 aliphatic carbocycles. The van der Waals surface area contributed by atoms with Gasteiger partial charge in [0.05, 0.1) is 18.0 Å². The van der Waals surface area contributed by atoms with E-state index in [0.29, 0.717) is 18.8 Å². The minimum Gasteiger partial charge on any atom is -0.497 e. The van der Waals surface area contributed by atoms with E-state index < -0.39 is 17.2 Å². The van der Waals surface area contributed by atoms with Gasteiger partial charge >= 0.3 is 5.97 Å². The molecule has 1 saturated heterocycles. The molecule has 0 saturated carbocycles. The van der Waals surface area contributed by atoms with Gasteiger partial charge in [-0.2, -0.15) is 0 Å². The number of carbonyl (C=O) groups is 1. The molecule has 1 N–H and O–H groups in total. The summed E-state index contributed by atoms with van der Waals surface area (Å²) in [6.07, 6.45) is 4.24. The third kappa shape index (κ3) is 4.57. The van der Waals surface area contributed by atoms with E-state index >= 15 is 0 Å². The van der Waals surface area contributed by atoms with Crippen LogP contribution in [0.1, 0.15) is 24.0 Å². The molecule has 1 fully saturated rings. The lowest BCUT2D eigenvalue weighted by atomic mass is 9.74. The third-order valence-electron chi connectivity index (χ3n) is 7.52. The van der Waals surface area contributed by atoms with Crippen LogP contribution in [0.4, 0.5) is 4.39 Å². The lowest BCUT2D eigenvalue weighted by Gasteiger charge is -2.33. The molecule has 8 heteroatoms. The standard InChI is InChI=1S/C31H27FN2O5/c1-37-24-4-2-3-21(14-24)27-18-29-33-9-10-34(29)28-13-20(5-6-26(27)28)19-39-25-16-22(15-23(32)17-25)31(30(35)36)7-11-38-12-8-31/h2-6,9-10,13-18H,7-8,11-12,19H2,1H3,(H,35,36). The number of hydrogen-bond donors (Lipinski definition) is 1. The highest BCUT2D eigenvalue weighted by Crippen LogP contribution is 2.38. The lowest BCUT2D eigenvalue weighted by molar-refractivity contribution is -0.147. The number of halogens is 1. The van der Waals surface area contributed by atoms with E-state index in [1.54, 1.807) is 19.4 Å². The fourth-order valence-corrected chi connectivity index (χ4v) is 5.39. The summed E-state index contributed by atoms with van der Waals surface area (Å²) in [4.78, 5) is 16.7. The molecule has 3 aromatic carbocycles. The van der Waals surface area contributed by atoms with Crippen molar-refractivity contribution in [3.8, 4) is 22.6 Å². The summed E-state index contributed by atoms with van der Waals surface area (Å²) >= 11 is 0. The maximum atomic E-state index is 14.6. The van der Waals surface area contributed by atoms with Crippen LogP contribution < -0.4 is 9.47 Å². The van der Waals surface area contributed by atoms with E-state index in [1.807, 2.05) is 53.1 Å². The van der Waals surface area contributed by atoms with Crippen LogP contribution in [0.15, 0.2) is 79.1 Å². The molecule has 2 aromatic heterocycles. The SMILES string of the molecule is COc1cccc(-c2cc3nccn3c3cc(COc4cc(F)cc(C5(C(=O)O)CCOCC5)c4)ccc23)c1. The van der Waals surface area contributed by atoms with E-state index in [9.17, 15) is 14.3 Å². The van der Waals surface area contributed by atoms with Crippen LogP contribution in [0.5, 0.6) is 11.5 Å². The number of ether oxygens (including phenoxy) is 3. The van der Waals surface area contributed by atoms with Crippen molar-refractivity contribution in [2.75, 3.05) is 20.3 Å². The number of fused-ring (bicyclic) bond motifs is 3. The molecular weight excluding hydrogens is 499 g/mol. The quantitative estimate of drug-likeness (QED) is 0.280. The molecule has 6 rings (SSSR count). The van der Waals surface area contributed by atoms with Gasteiger partial charge in [0.25, 0.3) is 0 Å². The summed E-state index contributed by atoms with van der Waals surface area (Å²) in [5.74, 6) is -0.451. The largest absolute Gasteiger partial charge is 0.497 e. The second-order valence-corrected chi connectivity index (χ2v) is 9.76. The molecule has 0 unspecified atom stereocenters. The molecular formula is C31H27FN2O5. The third-order valence-corrected chi connectivity index (χ3v) is 7.52. The molecule has 0 amide bonds. The summed E-state index contributed by atoms with van der Waals surface area (Å²) < 4.78 is 33.5. The van der Waals surface area contributed by atoms with Crippen LogP contribution in [0.3, 0.4) is 0 Å². The number of carboxylic acid groups (broad SMARTS) is 1. The van der Waals surface area contributed by atoms with E-state index in [2.05, 4.69) is 11.1 Å². The van der Waals surface area contributed by atoms with E-state index in [0.717, 1.165) is 39.0 Å². The number of methoxy groups -OCH3 is 1. The van der Waals surface area contributed by atoms with E-state index in [-0.39, 0.29) is 25.2 Å². The first kappa shape index (κ1) is 24.9. The monoisotopic (exact) mass is 526 g/mol. The highest BCUT2D eigenvalue weighted by atomic mass is 19.1. The van der Waals surface area contributed by atoms with Crippen LogP contribution in [0, 0.1) is 5.82 Å². The maximum absolute atomic E-state index is 14.6.